The highest BCUT2D eigenvalue weighted by Crippen LogP contribution is 2.24. The van der Waals surface area contributed by atoms with Crippen molar-refractivity contribution in [3.63, 3.8) is 0 Å². The Bertz CT molecular complexity index is 544. The van der Waals surface area contributed by atoms with Gasteiger partial charge in [-0.2, -0.15) is 0 Å². The van der Waals surface area contributed by atoms with E-state index in [1.54, 1.807) is 4.90 Å². The number of carbonyl (C=O) groups excluding carboxylic acids is 2. The monoisotopic (exact) mass is 289 g/mol. The van der Waals surface area contributed by atoms with E-state index in [1.807, 2.05) is 38.1 Å². The van der Waals surface area contributed by atoms with Gasteiger partial charge in [-0.1, -0.05) is 44.5 Å². The normalized spacial score (nSPS) is 20.5. The number of fused-ring (bicyclic) bond motifs is 1. The van der Waals surface area contributed by atoms with Gasteiger partial charge < -0.3 is 16.4 Å². The average Bonchev–Trinajstić information content (AvgIpc) is 2.51. The molecule has 1 aliphatic rings. The molecular formula is C16H23N3O2. The van der Waals surface area contributed by atoms with Crippen LogP contribution in [0.4, 0.5) is 0 Å². The Morgan fingerprint density at radius 1 is 1.33 bits per heavy atom. The summed E-state index contributed by atoms with van der Waals surface area (Å²) in [6, 6.07) is 6.60. The predicted octanol–water partition coefficient (Wildman–Crippen LogP) is 0.799. The topological polar surface area (TPSA) is 89.4 Å². The molecule has 2 unspecified atom stereocenters. The first-order valence-corrected chi connectivity index (χ1v) is 7.37. The zero-order chi connectivity index (χ0) is 15.6. The zero-order valence-electron chi connectivity index (χ0n) is 12.6. The van der Waals surface area contributed by atoms with E-state index in [0.717, 1.165) is 17.5 Å². The minimum absolute atomic E-state index is 0.0724. The van der Waals surface area contributed by atoms with Crippen molar-refractivity contribution in [1.29, 1.82) is 0 Å². The van der Waals surface area contributed by atoms with Crippen LogP contribution in [0.15, 0.2) is 24.3 Å². The van der Waals surface area contributed by atoms with Crippen molar-refractivity contribution in [1.82, 2.24) is 4.90 Å². The third-order valence-corrected chi connectivity index (χ3v) is 4.40. The molecular weight excluding hydrogens is 266 g/mol. The first-order chi connectivity index (χ1) is 9.95. The van der Waals surface area contributed by atoms with Gasteiger partial charge in [0, 0.05) is 13.0 Å². The van der Waals surface area contributed by atoms with Gasteiger partial charge in [-0.25, -0.2) is 0 Å². The van der Waals surface area contributed by atoms with Crippen LogP contribution in [0.5, 0.6) is 0 Å². The summed E-state index contributed by atoms with van der Waals surface area (Å²) in [5.74, 6) is -0.597. The van der Waals surface area contributed by atoms with Crippen LogP contribution in [-0.2, 0) is 22.6 Å². The molecule has 21 heavy (non-hydrogen) atoms. The van der Waals surface area contributed by atoms with Crippen LogP contribution in [0.2, 0.25) is 0 Å². The number of hydrogen-bond donors (Lipinski definition) is 2. The molecule has 0 aliphatic carbocycles. The summed E-state index contributed by atoms with van der Waals surface area (Å²) in [5.41, 5.74) is 13.7. The smallest absolute Gasteiger partial charge is 0.240 e. The molecule has 4 N–H and O–H groups in total. The lowest BCUT2D eigenvalue weighted by molar-refractivity contribution is -0.142. The second-order valence-corrected chi connectivity index (χ2v) is 5.77. The van der Waals surface area contributed by atoms with Crippen molar-refractivity contribution in [2.45, 2.75) is 45.3 Å². The Morgan fingerprint density at radius 2 is 1.95 bits per heavy atom. The number of nitrogens with two attached hydrogens (primary N) is 2. The van der Waals surface area contributed by atoms with Crippen LogP contribution in [0, 0.1) is 5.92 Å². The largest absolute Gasteiger partial charge is 0.368 e. The van der Waals surface area contributed by atoms with Crippen LogP contribution in [0.1, 0.15) is 31.4 Å². The summed E-state index contributed by atoms with van der Waals surface area (Å²) in [6.45, 7) is 4.33. The van der Waals surface area contributed by atoms with E-state index in [0.29, 0.717) is 13.0 Å². The van der Waals surface area contributed by atoms with Crippen LogP contribution in [-0.4, -0.2) is 28.8 Å². The molecule has 1 aromatic carbocycles. The fourth-order valence-electron chi connectivity index (χ4n) is 2.70. The maximum Gasteiger partial charge on any atom is 0.240 e. The lowest BCUT2D eigenvalue weighted by Crippen LogP contribution is -2.56. The zero-order valence-corrected chi connectivity index (χ0v) is 12.6. The van der Waals surface area contributed by atoms with Gasteiger partial charge in [-0.05, 0) is 17.0 Å². The van der Waals surface area contributed by atoms with Crippen molar-refractivity contribution in [2.75, 3.05) is 0 Å². The minimum Gasteiger partial charge on any atom is -0.368 e. The Labute approximate surface area is 125 Å². The van der Waals surface area contributed by atoms with E-state index in [9.17, 15) is 9.59 Å². The number of hydrogen-bond acceptors (Lipinski definition) is 3. The van der Waals surface area contributed by atoms with Gasteiger partial charge in [0.2, 0.25) is 11.8 Å². The molecule has 1 aromatic rings. The summed E-state index contributed by atoms with van der Waals surface area (Å²) in [5, 5.41) is 0. The van der Waals surface area contributed by atoms with E-state index in [4.69, 9.17) is 11.5 Å². The Morgan fingerprint density at radius 3 is 2.52 bits per heavy atom. The second kappa shape index (κ2) is 6.26. The number of carbonyl (C=O) groups is 2. The number of rotatable bonds is 4. The van der Waals surface area contributed by atoms with E-state index in [1.165, 1.54) is 0 Å². The van der Waals surface area contributed by atoms with Gasteiger partial charge in [0.15, 0.2) is 0 Å². The van der Waals surface area contributed by atoms with Crippen LogP contribution >= 0.6 is 0 Å². The summed E-state index contributed by atoms with van der Waals surface area (Å²) in [4.78, 5) is 25.9. The summed E-state index contributed by atoms with van der Waals surface area (Å²) in [6.07, 6.45) is 1.28. The van der Waals surface area contributed by atoms with Crippen molar-refractivity contribution in [2.24, 2.45) is 17.4 Å². The molecule has 0 bridgehead atoms. The number of amides is 2. The maximum absolute atomic E-state index is 12.6. The van der Waals surface area contributed by atoms with E-state index in [-0.39, 0.29) is 11.8 Å². The molecule has 1 heterocycles. The van der Waals surface area contributed by atoms with Gasteiger partial charge in [-0.3, -0.25) is 9.59 Å². The van der Waals surface area contributed by atoms with Gasteiger partial charge >= 0.3 is 0 Å². The third kappa shape index (κ3) is 3.08. The lowest BCUT2D eigenvalue weighted by atomic mass is 9.91. The molecule has 2 amide bonds. The van der Waals surface area contributed by atoms with Gasteiger partial charge in [-0.15, -0.1) is 0 Å². The fraction of sp³-hybridized carbons (Fsp3) is 0.500. The molecule has 2 rings (SSSR count). The molecule has 0 spiro atoms. The highest BCUT2D eigenvalue weighted by molar-refractivity contribution is 5.89. The molecule has 0 aromatic heterocycles. The molecule has 1 aliphatic heterocycles. The Balaban J connectivity index is 2.28. The average molecular weight is 289 g/mol. The standard InChI is InChI=1S/C16H23N3O2/c1-3-10(2)14(17)16(21)19-9-12-7-5-4-6-11(12)8-13(19)15(18)20/h4-7,10,13-14H,3,8-9,17H2,1-2H3,(H2,18,20)/t10?,13-,14?/m0/s1. The quantitative estimate of drug-likeness (QED) is 0.859. The van der Waals surface area contributed by atoms with Crippen molar-refractivity contribution < 1.29 is 9.59 Å². The molecule has 114 valence electrons. The van der Waals surface area contributed by atoms with Crippen LogP contribution < -0.4 is 11.5 Å². The van der Waals surface area contributed by atoms with Gasteiger partial charge in [0.1, 0.15) is 6.04 Å². The molecule has 0 fully saturated rings. The van der Waals surface area contributed by atoms with E-state index >= 15 is 0 Å². The molecule has 0 saturated carbocycles. The second-order valence-electron chi connectivity index (χ2n) is 5.77. The summed E-state index contributed by atoms with van der Waals surface area (Å²) >= 11 is 0. The van der Waals surface area contributed by atoms with E-state index < -0.39 is 18.0 Å². The predicted molar refractivity (Wildman–Crippen MR) is 81.1 cm³/mol. The first-order valence-electron chi connectivity index (χ1n) is 7.37. The third-order valence-electron chi connectivity index (χ3n) is 4.40. The molecule has 5 heteroatoms. The Kier molecular flexibility index (Phi) is 4.63. The van der Waals surface area contributed by atoms with Crippen LogP contribution in [0.25, 0.3) is 0 Å². The van der Waals surface area contributed by atoms with Crippen LogP contribution in [0.3, 0.4) is 0 Å². The molecule has 0 saturated heterocycles. The number of nitrogens with zero attached hydrogens (tertiary/aromatic N) is 1. The number of benzene rings is 1. The molecule has 3 atom stereocenters. The highest BCUT2D eigenvalue weighted by atomic mass is 16.2. The van der Waals surface area contributed by atoms with Crippen molar-refractivity contribution in [3.05, 3.63) is 35.4 Å². The van der Waals surface area contributed by atoms with E-state index in [2.05, 4.69) is 0 Å². The minimum atomic E-state index is -0.609. The highest BCUT2D eigenvalue weighted by Gasteiger charge is 2.36. The van der Waals surface area contributed by atoms with Crippen molar-refractivity contribution >= 4 is 11.8 Å². The number of primary amides is 1. The lowest BCUT2D eigenvalue weighted by Gasteiger charge is -2.37. The molecule has 5 nitrogen and oxygen atoms in total. The summed E-state index contributed by atoms with van der Waals surface area (Å²) < 4.78 is 0. The van der Waals surface area contributed by atoms with Gasteiger partial charge in [0.25, 0.3) is 0 Å². The Hall–Kier alpha value is -1.88. The maximum atomic E-state index is 12.6. The van der Waals surface area contributed by atoms with Gasteiger partial charge in [0.05, 0.1) is 6.04 Å². The first kappa shape index (κ1) is 15.5. The summed E-state index contributed by atoms with van der Waals surface area (Å²) in [7, 11) is 0. The van der Waals surface area contributed by atoms with Crippen molar-refractivity contribution in [3.8, 4) is 0 Å². The SMILES string of the molecule is CCC(C)C(N)C(=O)N1Cc2ccccc2C[C@H]1C(N)=O. The molecule has 0 radical (unpaired) electrons. The fourth-order valence-corrected chi connectivity index (χ4v) is 2.70.